The van der Waals surface area contributed by atoms with Gasteiger partial charge in [-0.05, 0) is 23.3 Å². The highest BCUT2D eigenvalue weighted by molar-refractivity contribution is 6.30. The van der Waals surface area contributed by atoms with Crippen molar-refractivity contribution in [2.75, 3.05) is 6.61 Å². The molecule has 0 fully saturated rings. The molecule has 0 aromatic heterocycles. The number of carboxylic acids is 1. The lowest BCUT2D eigenvalue weighted by Crippen LogP contribution is -2.43. The molecule has 5 nitrogen and oxygen atoms in total. The third-order valence-electron chi connectivity index (χ3n) is 3.33. The van der Waals surface area contributed by atoms with Crippen molar-refractivity contribution in [1.82, 2.24) is 5.32 Å². The molecule has 0 aliphatic heterocycles. The highest BCUT2D eigenvalue weighted by atomic mass is 35.5. The zero-order valence-electron chi connectivity index (χ0n) is 12.9. The number of nitrogens with one attached hydrogen (secondary N) is 1. The first-order chi connectivity index (χ1) is 11.5. The van der Waals surface area contributed by atoms with Crippen molar-refractivity contribution in [2.45, 2.75) is 19.1 Å². The molecule has 6 heteroatoms. The van der Waals surface area contributed by atoms with E-state index in [1.165, 1.54) is 0 Å². The van der Waals surface area contributed by atoms with Crippen LogP contribution >= 0.6 is 11.6 Å². The molecule has 0 aliphatic rings. The predicted molar refractivity (Wildman–Crippen MR) is 90.8 cm³/mol. The van der Waals surface area contributed by atoms with Gasteiger partial charge in [-0.1, -0.05) is 54.1 Å². The van der Waals surface area contributed by atoms with E-state index in [1.807, 2.05) is 30.3 Å². The minimum atomic E-state index is -1.10. The van der Waals surface area contributed by atoms with Gasteiger partial charge >= 0.3 is 5.97 Å². The molecule has 1 atom stereocenters. The maximum absolute atomic E-state index is 11.9. The Balaban J connectivity index is 1.82. The number of carbonyl (C=O) groups is 2. The first-order valence-corrected chi connectivity index (χ1v) is 7.80. The molecule has 0 saturated heterocycles. The average Bonchev–Trinajstić information content (AvgIpc) is 2.57. The molecule has 126 valence electrons. The van der Waals surface area contributed by atoms with Crippen LogP contribution in [0.1, 0.15) is 11.1 Å². The first-order valence-electron chi connectivity index (χ1n) is 7.43. The summed E-state index contributed by atoms with van der Waals surface area (Å²) in [6, 6.07) is 15.2. The van der Waals surface area contributed by atoms with Crippen LogP contribution in [0.3, 0.4) is 0 Å². The third-order valence-corrected chi connectivity index (χ3v) is 3.58. The topological polar surface area (TPSA) is 75.6 Å². The number of hydrogen-bond donors (Lipinski definition) is 2. The minimum Gasteiger partial charge on any atom is -0.480 e. The Bertz CT molecular complexity index is 673. The first kappa shape index (κ1) is 18.0. The van der Waals surface area contributed by atoms with E-state index in [-0.39, 0.29) is 13.0 Å². The van der Waals surface area contributed by atoms with Crippen LogP contribution in [0.4, 0.5) is 0 Å². The van der Waals surface area contributed by atoms with Crippen molar-refractivity contribution < 1.29 is 19.4 Å². The summed E-state index contributed by atoms with van der Waals surface area (Å²) in [7, 11) is 0. The molecule has 2 aromatic carbocycles. The molecular weight excluding hydrogens is 330 g/mol. The van der Waals surface area contributed by atoms with Gasteiger partial charge in [0.05, 0.1) is 6.61 Å². The molecule has 0 bridgehead atoms. The Morgan fingerprint density at radius 1 is 1.04 bits per heavy atom. The van der Waals surface area contributed by atoms with Crippen LogP contribution in [0.15, 0.2) is 54.6 Å². The Hall–Kier alpha value is -2.37. The third kappa shape index (κ3) is 6.02. The van der Waals surface area contributed by atoms with Gasteiger partial charge < -0.3 is 15.2 Å². The highest BCUT2D eigenvalue weighted by Gasteiger charge is 2.20. The SMILES string of the molecule is O=C(COCc1ccccc1)N[C@@H](Cc1ccc(Cl)cc1)C(=O)O. The molecule has 1 amide bonds. The number of amides is 1. The van der Waals surface area contributed by atoms with E-state index in [2.05, 4.69) is 5.32 Å². The van der Waals surface area contributed by atoms with E-state index in [0.717, 1.165) is 11.1 Å². The maximum Gasteiger partial charge on any atom is 0.326 e. The second-order valence-electron chi connectivity index (χ2n) is 5.27. The molecule has 0 unspecified atom stereocenters. The van der Waals surface area contributed by atoms with E-state index in [1.54, 1.807) is 24.3 Å². The normalized spacial score (nSPS) is 11.7. The van der Waals surface area contributed by atoms with Gasteiger partial charge in [0.25, 0.3) is 0 Å². The quantitative estimate of drug-likeness (QED) is 0.769. The van der Waals surface area contributed by atoms with Crippen LogP contribution in [0, 0.1) is 0 Å². The van der Waals surface area contributed by atoms with Crippen LogP contribution in [-0.2, 0) is 27.4 Å². The van der Waals surface area contributed by atoms with Crippen LogP contribution in [0.2, 0.25) is 5.02 Å². The second kappa shape index (κ2) is 9.05. The standard InChI is InChI=1S/C18H18ClNO4/c19-15-8-6-13(7-9-15)10-16(18(22)23)20-17(21)12-24-11-14-4-2-1-3-5-14/h1-9,16H,10-12H2,(H,20,21)(H,22,23)/t16-/m0/s1. The molecule has 24 heavy (non-hydrogen) atoms. The molecule has 2 rings (SSSR count). The van der Waals surface area contributed by atoms with Crippen molar-refractivity contribution in [3.8, 4) is 0 Å². The number of carbonyl (C=O) groups excluding carboxylic acids is 1. The van der Waals surface area contributed by atoms with Crippen molar-refractivity contribution >= 4 is 23.5 Å². The summed E-state index contributed by atoms with van der Waals surface area (Å²) in [6.45, 7) is 0.0997. The molecule has 0 spiro atoms. The highest BCUT2D eigenvalue weighted by Crippen LogP contribution is 2.11. The second-order valence-corrected chi connectivity index (χ2v) is 5.70. The number of hydrogen-bond acceptors (Lipinski definition) is 3. The number of benzene rings is 2. The maximum atomic E-state index is 11.9. The molecule has 0 heterocycles. The summed E-state index contributed by atoms with van der Waals surface area (Å²) in [6.07, 6.45) is 0.178. The molecule has 0 aliphatic carbocycles. The van der Waals surface area contributed by atoms with Gasteiger partial charge in [-0.15, -0.1) is 0 Å². The number of halogens is 1. The smallest absolute Gasteiger partial charge is 0.326 e. The lowest BCUT2D eigenvalue weighted by molar-refractivity contribution is -0.142. The zero-order chi connectivity index (χ0) is 17.4. The summed E-state index contributed by atoms with van der Waals surface area (Å²) >= 11 is 5.80. The minimum absolute atomic E-state index is 0.178. The van der Waals surface area contributed by atoms with E-state index < -0.39 is 17.9 Å². The number of rotatable bonds is 8. The fourth-order valence-corrected chi connectivity index (χ4v) is 2.25. The summed E-state index contributed by atoms with van der Waals surface area (Å²) < 4.78 is 5.31. The van der Waals surface area contributed by atoms with Crippen LogP contribution < -0.4 is 5.32 Å². The fraction of sp³-hybridized carbons (Fsp3) is 0.222. The van der Waals surface area contributed by atoms with Gasteiger partial charge in [-0.3, -0.25) is 4.79 Å². The van der Waals surface area contributed by atoms with Crippen LogP contribution in [-0.4, -0.2) is 29.6 Å². The zero-order valence-corrected chi connectivity index (χ0v) is 13.7. The Kier molecular flexibility index (Phi) is 6.78. The summed E-state index contributed by atoms with van der Waals surface area (Å²) in [5, 5.41) is 12.3. The lowest BCUT2D eigenvalue weighted by atomic mass is 10.1. The summed E-state index contributed by atoms with van der Waals surface area (Å²) in [5.74, 6) is -1.56. The van der Waals surface area contributed by atoms with Crippen LogP contribution in [0.25, 0.3) is 0 Å². The summed E-state index contributed by atoms with van der Waals surface area (Å²) in [5.41, 5.74) is 1.72. The van der Waals surface area contributed by atoms with Gasteiger partial charge in [0.1, 0.15) is 12.6 Å². The van der Waals surface area contributed by atoms with Gasteiger partial charge in [0, 0.05) is 11.4 Å². The lowest BCUT2D eigenvalue weighted by Gasteiger charge is -2.15. The van der Waals surface area contributed by atoms with Gasteiger partial charge in [0.2, 0.25) is 5.91 Å². The molecule has 0 saturated carbocycles. The largest absolute Gasteiger partial charge is 0.480 e. The molecule has 2 aromatic rings. The van der Waals surface area contributed by atoms with Crippen molar-refractivity contribution in [3.63, 3.8) is 0 Å². The van der Waals surface area contributed by atoms with E-state index in [0.29, 0.717) is 11.6 Å². The van der Waals surface area contributed by atoms with E-state index in [4.69, 9.17) is 16.3 Å². The number of aliphatic carboxylic acids is 1. The van der Waals surface area contributed by atoms with Crippen LogP contribution in [0.5, 0.6) is 0 Å². The molecular formula is C18H18ClNO4. The van der Waals surface area contributed by atoms with Gasteiger partial charge in [-0.2, -0.15) is 0 Å². The van der Waals surface area contributed by atoms with E-state index >= 15 is 0 Å². The Morgan fingerprint density at radius 3 is 2.33 bits per heavy atom. The fourth-order valence-electron chi connectivity index (χ4n) is 2.13. The van der Waals surface area contributed by atoms with Crippen molar-refractivity contribution in [1.29, 1.82) is 0 Å². The molecule has 2 N–H and O–H groups in total. The van der Waals surface area contributed by atoms with Gasteiger partial charge in [-0.25, -0.2) is 4.79 Å². The van der Waals surface area contributed by atoms with Gasteiger partial charge in [0.15, 0.2) is 0 Å². The van der Waals surface area contributed by atoms with Crippen molar-refractivity contribution in [2.24, 2.45) is 0 Å². The van der Waals surface area contributed by atoms with E-state index in [9.17, 15) is 14.7 Å². The summed E-state index contributed by atoms with van der Waals surface area (Å²) in [4.78, 5) is 23.2. The van der Waals surface area contributed by atoms with Crippen molar-refractivity contribution in [3.05, 3.63) is 70.7 Å². The molecule has 0 radical (unpaired) electrons. The number of carboxylic acid groups (broad SMARTS) is 1. The number of ether oxygens (including phenoxy) is 1. The Morgan fingerprint density at radius 2 is 1.71 bits per heavy atom. The Labute approximate surface area is 145 Å². The monoisotopic (exact) mass is 347 g/mol. The average molecular weight is 348 g/mol. The predicted octanol–water partition coefficient (Wildman–Crippen LogP) is 2.67.